The van der Waals surface area contributed by atoms with Gasteiger partial charge >= 0.3 is 0 Å². The molecule has 98 valence electrons. The summed E-state index contributed by atoms with van der Waals surface area (Å²) in [6.07, 6.45) is 4.92. The molecule has 0 atom stereocenters. The first kappa shape index (κ1) is 12.2. The van der Waals surface area contributed by atoms with Crippen molar-refractivity contribution in [3.05, 3.63) is 21.4 Å². The Balaban J connectivity index is 1.74. The second-order valence-corrected chi connectivity index (χ2v) is 6.50. The van der Waals surface area contributed by atoms with Crippen LogP contribution < -0.4 is 0 Å². The predicted octanol–water partition coefficient (Wildman–Crippen LogP) is 2.01. The van der Waals surface area contributed by atoms with Gasteiger partial charge in [0.25, 0.3) is 5.91 Å². The minimum Gasteiger partial charge on any atom is -0.335 e. The first-order chi connectivity index (χ1) is 8.74. The molecule has 0 N–H and O–H groups in total. The zero-order chi connectivity index (χ0) is 12.5. The molecule has 0 spiro atoms. The number of piperazine rings is 1. The second-order valence-electron chi connectivity index (χ2n) is 5.36. The molecule has 0 bridgehead atoms. The molecule has 2 aliphatic rings. The lowest BCUT2D eigenvalue weighted by Crippen LogP contribution is -2.46. The Morgan fingerprint density at radius 2 is 1.89 bits per heavy atom. The Kier molecular flexibility index (Phi) is 3.39. The Bertz CT molecular complexity index is 423. The minimum atomic E-state index is 0.252. The number of carbonyl (C=O) groups is 1. The van der Waals surface area contributed by atoms with E-state index in [0.717, 1.165) is 31.1 Å². The summed E-state index contributed by atoms with van der Waals surface area (Å²) < 4.78 is 0. The number of thiophene rings is 1. The van der Waals surface area contributed by atoms with Crippen molar-refractivity contribution in [2.45, 2.75) is 25.7 Å². The van der Waals surface area contributed by atoms with E-state index >= 15 is 0 Å². The fourth-order valence-electron chi connectivity index (χ4n) is 2.76. The van der Waals surface area contributed by atoms with Gasteiger partial charge in [-0.1, -0.05) is 0 Å². The maximum absolute atomic E-state index is 12.4. The molecule has 0 unspecified atom stereocenters. The fraction of sp³-hybridized carbons (Fsp3) is 0.643. The third-order valence-electron chi connectivity index (χ3n) is 4.00. The van der Waals surface area contributed by atoms with Crippen molar-refractivity contribution in [3.8, 4) is 0 Å². The molecular weight excluding hydrogens is 244 g/mol. The fourth-order valence-corrected chi connectivity index (χ4v) is 3.98. The summed E-state index contributed by atoms with van der Waals surface area (Å²) in [5.41, 5.74) is 1.43. The summed E-state index contributed by atoms with van der Waals surface area (Å²) >= 11 is 1.73. The minimum absolute atomic E-state index is 0.252. The van der Waals surface area contributed by atoms with Gasteiger partial charge in [0.2, 0.25) is 0 Å². The van der Waals surface area contributed by atoms with E-state index in [1.165, 1.54) is 36.1 Å². The van der Waals surface area contributed by atoms with Gasteiger partial charge in [0.05, 0.1) is 4.88 Å². The van der Waals surface area contributed by atoms with E-state index in [1.807, 2.05) is 4.90 Å². The van der Waals surface area contributed by atoms with Crippen LogP contribution in [0.2, 0.25) is 0 Å². The van der Waals surface area contributed by atoms with Crippen molar-refractivity contribution >= 4 is 17.2 Å². The van der Waals surface area contributed by atoms with Crippen molar-refractivity contribution in [1.82, 2.24) is 9.80 Å². The summed E-state index contributed by atoms with van der Waals surface area (Å²) in [6.45, 7) is 3.74. The number of rotatable bonds is 1. The lowest BCUT2D eigenvalue weighted by molar-refractivity contribution is 0.0669. The summed E-state index contributed by atoms with van der Waals surface area (Å²) in [4.78, 5) is 19.2. The Labute approximate surface area is 112 Å². The van der Waals surface area contributed by atoms with Crippen molar-refractivity contribution in [3.63, 3.8) is 0 Å². The highest BCUT2D eigenvalue weighted by Crippen LogP contribution is 2.30. The second kappa shape index (κ2) is 5.02. The van der Waals surface area contributed by atoms with E-state index in [-0.39, 0.29) is 5.91 Å². The topological polar surface area (TPSA) is 23.6 Å². The van der Waals surface area contributed by atoms with Gasteiger partial charge in [-0.2, -0.15) is 0 Å². The average molecular weight is 264 g/mol. The highest BCUT2D eigenvalue weighted by molar-refractivity contribution is 7.14. The van der Waals surface area contributed by atoms with Crippen LogP contribution in [0, 0.1) is 0 Å². The third kappa shape index (κ3) is 2.31. The highest BCUT2D eigenvalue weighted by Gasteiger charge is 2.23. The molecule has 1 aromatic heterocycles. The van der Waals surface area contributed by atoms with E-state index < -0.39 is 0 Å². The SMILES string of the molecule is CN1CCN(C(=O)c2cc3c(s2)CCCC3)CC1. The molecule has 1 aliphatic carbocycles. The molecule has 2 heterocycles. The maximum Gasteiger partial charge on any atom is 0.264 e. The summed E-state index contributed by atoms with van der Waals surface area (Å²) in [5, 5.41) is 0. The van der Waals surface area contributed by atoms with Crippen LogP contribution in [0.3, 0.4) is 0 Å². The zero-order valence-electron chi connectivity index (χ0n) is 10.9. The van der Waals surface area contributed by atoms with Crippen molar-refractivity contribution in [2.24, 2.45) is 0 Å². The van der Waals surface area contributed by atoms with Crippen LogP contribution in [0.5, 0.6) is 0 Å². The van der Waals surface area contributed by atoms with E-state index in [2.05, 4.69) is 18.0 Å². The Morgan fingerprint density at radius 1 is 1.17 bits per heavy atom. The van der Waals surface area contributed by atoms with Gasteiger partial charge in [0.1, 0.15) is 0 Å². The number of hydrogen-bond donors (Lipinski definition) is 0. The molecule has 1 fully saturated rings. The molecule has 0 aromatic carbocycles. The van der Waals surface area contributed by atoms with Gasteiger partial charge in [-0.15, -0.1) is 11.3 Å². The lowest BCUT2D eigenvalue weighted by atomic mass is 9.99. The van der Waals surface area contributed by atoms with E-state index in [0.29, 0.717) is 0 Å². The average Bonchev–Trinajstić information content (AvgIpc) is 2.82. The Morgan fingerprint density at radius 3 is 2.61 bits per heavy atom. The number of fused-ring (bicyclic) bond motifs is 1. The molecule has 1 saturated heterocycles. The molecule has 3 rings (SSSR count). The molecular formula is C14H20N2OS. The summed E-state index contributed by atoms with van der Waals surface area (Å²) in [6, 6.07) is 2.15. The van der Waals surface area contributed by atoms with Crippen molar-refractivity contribution < 1.29 is 4.79 Å². The van der Waals surface area contributed by atoms with Crippen molar-refractivity contribution in [1.29, 1.82) is 0 Å². The monoisotopic (exact) mass is 264 g/mol. The number of nitrogens with zero attached hydrogens (tertiary/aromatic N) is 2. The normalized spacial score (nSPS) is 20.8. The molecule has 1 aliphatic heterocycles. The molecule has 1 amide bonds. The molecule has 4 heteroatoms. The summed E-state index contributed by atoms with van der Waals surface area (Å²) in [5.74, 6) is 0.252. The number of likely N-dealkylation sites (N-methyl/N-ethyl adjacent to an activating group) is 1. The molecule has 1 aromatic rings. The van der Waals surface area contributed by atoms with E-state index in [4.69, 9.17) is 0 Å². The van der Waals surface area contributed by atoms with Crippen LogP contribution in [0.15, 0.2) is 6.07 Å². The first-order valence-electron chi connectivity index (χ1n) is 6.83. The van der Waals surface area contributed by atoms with Gasteiger partial charge in [-0.05, 0) is 44.4 Å². The maximum atomic E-state index is 12.4. The highest BCUT2D eigenvalue weighted by atomic mass is 32.1. The number of carbonyl (C=O) groups excluding carboxylic acids is 1. The van der Waals surface area contributed by atoms with Crippen LogP contribution in [0.25, 0.3) is 0 Å². The van der Waals surface area contributed by atoms with Crippen LogP contribution >= 0.6 is 11.3 Å². The molecule has 0 radical (unpaired) electrons. The summed E-state index contributed by atoms with van der Waals surface area (Å²) in [7, 11) is 2.12. The quantitative estimate of drug-likeness (QED) is 0.775. The smallest absolute Gasteiger partial charge is 0.264 e. The molecule has 18 heavy (non-hydrogen) atoms. The number of hydrogen-bond acceptors (Lipinski definition) is 3. The van der Waals surface area contributed by atoms with Gasteiger partial charge in [0, 0.05) is 31.1 Å². The third-order valence-corrected chi connectivity index (χ3v) is 5.22. The Hall–Kier alpha value is -0.870. The molecule has 3 nitrogen and oxygen atoms in total. The largest absolute Gasteiger partial charge is 0.335 e. The van der Waals surface area contributed by atoms with E-state index in [9.17, 15) is 4.79 Å². The van der Waals surface area contributed by atoms with Crippen molar-refractivity contribution in [2.75, 3.05) is 33.2 Å². The standard InChI is InChI=1S/C14H20N2OS/c1-15-6-8-16(9-7-15)14(17)13-10-11-4-2-3-5-12(11)18-13/h10H,2-9H2,1H3. The predicted molar refractivity (Wildman–Crippen MR) is 74.4 cm³/mol. The zero-order valence-corrected chi connectivity index (χ0v) is 11.8. The van der Waals surface area contributed by atoms with Gasteiger partial charge in [0.15, 0.2) is 0 Å². The number of amides is 1. The number of aryl methyl sites for hydroxylation is 2. The van der Waals surface area contributed by atoms with Crippen LogP contribution in [0.1, 0.15) is 33.0 Å². The van der Waals surface area contributed by atoms with Gasteiger partial charge in [-0.3, -0.25) is 4.79 Å². The van der Waals surface area contributed by atoms with E-state index in [1.54, 1.807) is 11.3 Å². The van der Waals surface area contributed by atoms with Crippen LogP contribution in [-0.4, -0.2) is 48.9 Å². The van der Waals surface area contributed by atoms with Gasteiger partial charge < -0.3 is 9.80 Å². The lowest BCUT2D eigenvalue weighted by Gasteiger charge is -2.32. The van der Waals surface area contributed by atoms with Crippen LogP contribution in [0.4, 0.5) is 0 Å². The van der Waals surface area contributed by atoms with Crippen LogP contribution in [-0.2, 0) is 12.8 Å². The van der Waals surface area contributed by atoms with Gasteiger partial charge in [-0.25, -0.2) is 0 Å². The first-order valence-corrected chi connectivity index (χ1v) is 7.65. The molecule has 0 saturated carbocycles.